The summed E-state index contributed by atoms with van der Waals surface area (Å²) in [5.41, 5.74) is 5.28. The molecule has 0 aromatic heterocycles. The van der Waals surface area contributed by atoms with Crippen LogP contribution in [0.25, 0.3) is 0 Å². The predicted octanol–water partition coefficient (Wildman–Crippen LogP) is -1.39. The first kappa shape index (κ1) is 11.7. The molecule has 86 valence electrons. The summed E-state index contributed by atoms with van der Waals surface area (Å²) in [5, 5.41) is 11.1. The van der Waals surface area contributed by atoms with Gasteiger partial charge in [0, 0.05) is 7.05 Å². The van der Waals surface area contributed by atoms with E-state index in [0.717, 1.165) is 0 Å². The van der Waals surface area contributed by atoms with Gasteiger partial charge in [0.15, 0.2) is 11.9 Å². The number of rotatable bonds is 3. The van der Waals surface area contributed by atoms with Crippen molar-refractivity contribution in [2.45, 2.75) is 6.10 Å². The van der Waals surface area contributed by atoms with Crippen LogP contribution >= 0.6 is 0 Å². The standard InChI is InChI=1S/C8H15N3O4/c1-11(4-7(9)10-13)8(12)6-5-14-2-3-15-6/h6,13H,2-5H2,1H3,(H2,9,10). The quantitative estimate of drug-likeness (QED) is 0.262. The van der Waals surface area contributed by atoms with Gasteiger partial charge in [0.25, 0.3) is 5.91 Å². The number of oxime groups is 1. The molecule has 1 aliphatic heterocycles. The maximum atomic E-state index is 11.7. The molecular weight excluding hydrogens is 202 g/mol. The van der Waals surface area contributed by atoms with Gasteiger partial charge in [-0.1, -0.05) is 5.16 Å². The second-order valence-corrected chi connectivity index (χ2v) is 3.22. The summed E-state index contributed by atoms with van der Waals surface area (Å²) in [6.45, 7) is 1.23. The molecule has 1 saturated heterocycles. The molecule has 1 rings (SSSR count). The van der Waals surface area contributed by atoms with Crippen molar-refractivity contribution in [2.24, 2.45) is 10.9 Å². The largest absolute Gasteiger partial charge is 0.409 e. The molecule has 1 heterocycles. The van der Waals surface area contributed by atoms with Crippen LogP contribution in [0, 0.1) is 0 Å². The number of carbonyl (C=O) groups excluding carboxylic acids is 1. The van der Waals surface area contributed by atoms with E-state index >= 15 is 0 Å². The summed E-state index contributed by atoms with van der Waals surface area (Å²) in [4.78, 5) is 13.0. The fourth-order valence-corrected chi connectivity index (χ4v) is 1.23. The number of hydrogen-bond acceptors (Lipinski definition) is 5. The molecule has 7 heteroatoms. The minimum absolute atomic E-state index is 0.0254. The number of carbonyl (C=O) groups is 1. The van der Waals surface area contributed by atoms with Crippen LogP contribution in [0.15, 0.2) is 5.16 Å². The number of amides is 1. The summed E-state index contributed by atoms with van der Waals surface area (Å²) in [6.07, 6.45) is -0.588. The molecule has 0 aliphatic carbocycles. The van der Waals surface area contributed by atoms with Gasteiger partial charge in [0.1, 0.15) is 0 Å². The van der Waals surface area contributed by atoms with E-state index in [2.05, 4.69) is 5.16 Å². The normalized spacial score (nSPS) is 22.5. The highest BCUT2D eigenvalue weighted by atomic mass is 16.6. The molecule has 1 fully saturated rings. The Bertz CT molecular complexity index is 250. The zero-order chi connectivity index (χ0) is 11.3. The summed E-state index contributed by atoms with van der Waals surface area (Å²) >= 11 is 0. The smallest absolute Gasteiger partial charge is 0.254 e. The Hall–Kier alpha value is -1.34. The van der Waals surface area contributed by atoms with Crippen LogP contribution in [0.3, 0.4) is 0 Å². The van der Waals surface area contributed by atoms with Crippen molar-refractivity contribution in [1.29, 1.82) is 0 Å². The van der Waals surface area contributed by atoms with Crippen LogP contribution in [0.5, 0.6) is 0 Å². The van der Waals surface area contributed by atoms with Crippen molar-refractivity contribution in [3.8, 4) is 0 Å². The lowest BCUT2D eigenvalue weighted by atomic mass is 10.3. The van der Waals surface area contributed by atoms with Crippen molar-refractivity contribution >= 4 is 11.7 Å². The minimum atomic E-state index is -0.588. The Morgan fingerprint density at radius 1 is 1.67 bits per heavy atom. The molecule has 1 atom stereocenters. The van der Waals surface area contributed by atoms with Gasteiger partial charge in [-0.25, -0.2) is 0 Å². The maximum Gasteiger partial charge on any atom is 0.254 e. The highest BCUT2D eigenvalue weighted by molar-refractivity contribution is 5.88. The molecule has 1 unspecified atom stereocenters. The van der Waals surface area contributed by atoms with Crippen molar-refractivity contribution in [3.05, 3.63) is 0 Å². The van der Waals surface area contributed by atoms with E-state index in [1.807, 2.05) is 0 Å². The van der Waals surface area contributed by atoms with E-state index in [1.165, 1.54) is 4.90 Å². The van der Waals surface area contributed by atoms with Crippen LogP contribution in [-0.4, -0.2) is 61.4 Å². The highest BCUT2D eigenvalue weighted by Gasteiger charge is 2.25. The van der Waals surface area contributed by atoms with E-state index in [0.29, 0.717) is 13.2 Å². The fraction of sp³-hybridized carbons (Fsp3) is 0.750. The first-order chi connectivity index (χ1) is 7.15. The lowest BCUT2D eigenvalue weighted by molar-refractivity contribution is -0.156. The third kappa shape index (κ3) is 3.37. The van der Waals surface area contributed by atoms with Crippen LogP contribution in [-0.2, 0) is 14.3 Å². The van der Waals surface area contributed by atoms with E-state index in [1.54, 1.807) is 7.05 Å². The molecule has 0 aromatic rings. The number of nitrogens with two attached hydrogens (primary N) is 1. The molecule has 0 bridgehead atoms. The van der Waals surface area contributed by atoms with Gasteiger partial charge in [0.05, 0.1) is 26.4 Å². The third-order valence-electron chi connectivity index (χ3n) is 2.00. The van der Waals surface area contributed by atoms with Gasteiger partial charge in [0.2, 0.25) is 0 Å². The first-order valence-corrected chi connectivity index (χ1v) is 4.56. The average Bonchev–Trinajstić information content (AvgIpc) is 2.29. The molecule has 1 aliphatic rings. The van der Waals surface area contributed by atoms with Crippen LogP contribution < -0.4 is 5.73 Å². The lowest BCUT2D eigenvalue weighted by Gasteiger charge is -2.26. The van der Waals surface area contributed by atoms with Crippen molar-refractivity contribution < 1.29 is 19.5 Å². The first-order valence-electron chi connectivity index (χ1n) is 4.56. The number of likely N-dealkylation sites (N-methyl/N-ethyl adjacent to an activating group) is 1. The monoisotopic (exact) mass is 217 g/mol. The second-order valence-electron chi connectivity index (χ2n) is 3.22. The van der Waals surface area contributed by atoms with Crippen molar-refractivity contribution in [1.82, 2.24) is 4.90 Å². The van der Waals surface area contributed by atoms with E-state index < -0.39 is 6.10 Å². The Labute approximate surface area is 87.4 Å². The van der Waals surface area contributed by atoms with Gasteiger partial charge in [-0.3, -0.25) is 4.79 Å². The molecule has 3 N–H and O–H groups in total. The predicted molar refractivity (Wildman–Crippen MR) is 51.6 cm³/mol. The summed E-state index contributed by atoms with van der Waals surface area (Å²) in [7, 11) is 1.55. The number of ether oxygens (including phenoxy) is 2. The SMILES string of the molecule is CN(CC(N)=NO)C(=O)C1COCCO1. The molecular formula is C8H15N3O4. The summed E-state index contributed by atoms with van der Waals surface area (Å²) < 4.78 is 10.3. The number of nitrogens with zero attached hydrogens (tertiary/aromatic N) is 2. The van der Waals surface area contributed by atoms with Crippen molar-refractivity contribution in [2.75, 3.05) is 33.4 Å². The van der Waals surface area contributed by atoms with Crippen LogP contribution in [0.1, 0.15) is 0 Å². The number of hydrogen-bond donors (Lipinski definition) is 2. The minimum Gasteiger partial charge on any atom is -0.409 e. The molecule has 0 saturated carbocycles. The van der Waals surface area contributed by atoms with Crippen LogP contribution in [0.2, 0.25) is 0 Å². The Morgan fingerprint density at radius 3 is 2.93 bits per heavy atom. The second kappa shape index (κ2) is 5.52. The molecule has 0 aromatic carbocycles. The van der Waals surface area contributed by atoms with Gasteiger partial charge in [-0.15, -0.1) is 0 Å². The maximum absolute atomic E-state index is 11.7. The zero-order valence-electron chi connectivity index (χ0n) is 8.55. The summed E-state index contributed by atoms with van der Waals surface area (Å²) in [5.74, 6) is -0.260. The van der Waals surface area contributed by atoms with Gasteiger partial charge >= 0.3 is 0 Å². The topological polar surface area (TPSA) is 97.4 Å². The molecule has 0 radical (unpaired) electrons. The van der Waals surface area contributed by atoms with Gasteiger partial charge in [-0.05, 0) is 0 Å². The Balaban J connectivity index is 2.44. The molecule has 0 spiro atoms. The van der Waals surface area contributed by atoms with E-state index in [4.69, 9.17) is 20.4 Å². The molecule has 7 nitrogen and oxygen atoms in total. The Kier molecular flexibility index (Phi) is 4.32. The average molecular weight is 217 g/mol. The Morgan fingerprint density at radius 2 is 2.40 bits per heavy atom. The van der Waals surface area contributed by atoms with Crippen LogP contribution in [0.4, 0.5) is 0 Å². The van der Waals surface area contributed by atoms with Gasteiger partial charge in [-0.2, -0.15) is 0 Å². The van der Waals surface area contributed by atoms with Crippen molar-refractivity contribution in [3.63, 3.8) is 0 Å². The summed E-state index contributed by atoms with van der Waals surface area (Å²) in [6, 6.07) is 0. The van der Waals surface area contributed by atoms with E-state index in [9.17, 15) is 4.79 Å². The third-order valence-corrected chi connectivity index (χ3v) is 2.00. The lowest BCUT2D eigenvalue weighted by Crippen LogP contribution is -2.46. The zero-order valence-corrected chi connectivity index (χ0v) is 8.55. The van der Waals surface area contributed by atoms with Gasteiger partial charge < -0.3 is 25.3 Å². The molecule has 15 heavy (non-hydrogen) atoms. The molecule has 1 amide bonds. The fourth-order valence-electron chi connectivity index (χ4n) is 1.23. The number of amidine groups is 1. The van der Waals surface area contributed by atoms with E-state index in [-0.39, 0.29) is 24.9 Å². The highest BCUT2D eigenvalue weighted by Crippen LogP contribution is 2.03.